The Bertz CT molecular complexity index is 733. The van der Waals surface area contributed by atoms with Gasteiger partial charge in [0.15, 0.2) is 5.82 Å². The van der Waals surface area contributed by atoms with Crippen molar-refractivity contribution in [2.24, 2.45) is 0 Å². The number of benzene rings is 2. The second-order valence-electron chi connectivity index (χ2n) is 5.82. The van der Waals surface area contributed by atoms with Crippen LogP contribution in [0.25, 0.3) is 22.5 Å². The van der Waals surface area contributed by atoms with Gasteiger partial charge in [-0.2, -0.15) is 0 Å². The Morgan fingerprint density at radius 1 is 0.739 bits per heavy atom. The predicted molar refractivity (Wildman–Crippen MR) is 96.1 cm³/mol. The third-order valence-corrected chi connectivity index (χ3v) is 4.00. The van der Waals surface area contributed by atoms with E-state index in [-0.39, 0.29) is 0 Å². The molecule has 0 spiro atoms. The number of hydrogen-bond donors (Lipinski definition) is 0. The lowest BCUT2D eigenvalue weighted by atomic mass is 10.0. The van der Waals surface area contributed by atoms with Gasteiger partial charge in [-0.1, -0.05) is 68.3 Å². The van der Waals surface area contributed by atoms with Crippen molar-refractivity contribution in [2.75, 3.05) is 0 Å². The van der Waals surface area contributed by atoms with Crippen molar-refractivity contribution in [1.29, 1.82) is 0 Å². The summed E-state index contributed by atoms with van der Waals surface area (Å²) in [4.78, 5) is 9.10. The second-order valence-corrected chi connectivity index (χ2v) is 5.82. The topological polar surface area (TPSA) is 25.8 Å². The summed E-state index contributed by atoms with van der Waals surface area (Å²) in [6, 6.07) is 18.8. The Hall–Kier alpha value is -2.48. The van der Waals surface area contributed by atoms with Crippen LogP contribution < -0.4 is 0 Å². The zero-order valence-electron chi connectivity index (χ0n) is 13.6. The lowest BCUT2D eigenvalue weighted by molar-refractivity contribution is 0.714. The van der Waals surface area contributed by atoms with Crippen LogP contribution in [0.5, 0.6) is 0 Å². The number of aryl methyl sites for hydroxylation is 1. The molecular weight excluding hydrogens is 280 g/mol. The first-order valence-corrected chi connectivity index (χ1v) is 8.33. The van der Waals surface area contributed by atoms with Gasteiger partial charge in [0.1, 0.15) is 0 Å². The van der Waals surface area contributed by atoms with Gasteiger partial charge in [-0.25, -0.2) is 9.97 Å². The lowest BCUT2D eigenvalue weighted by Gasteiger charge is -2.06. The highest BCUT2D eigenvalue weighted by atomic mass is 14.9. The van der Waals surface area contributed by atoms with E-state index in [1.807, 2.05) is 18.5 Å². The van der Waals surface area contributed by atoms with Gasteiger partial charge in [0.05, 0.1) is 0 Å². The Kier molecular flexibility index (Phi) is 5.15. The van der Waals surface area contributed by atoms with Gasteiger partial charge in [-0.3, -0.25) is 0 Å². The number of hydrogen-bond acceptors (Lipinski definition) is 2. The maximum Gasteiger partial charge on any atom is 0.159 e. The Morgan fingerprint density at radius 3 is 2.17 bits per heavy atom. The van der Waals surface area contributed by atoms with Gasteiger partial charge in [0.2, 0.25) is 0 Å². The van der Waals surface area contributed by atoms with Crippen LogP contribution in [0.4, 0.5) is 0 Å². The molecule has 2 aromatic carbocycles. The van der Waals surface area contributed by atoms with Crippen molar-refractivity contribution in [1.82, 2.24) is 9.97 Å². The van der Waals surface area contributed by atoms with E-state index in [4.69, 9.17) is 0 Å². The molecule has 0 radical (unpaired) electrons. The summed E-state index contributed by atoms with van der Waals surface area (Å²) in [5.74, 6) is 0.794. The monoisotopic (exact) mass is 302 g/mol. The molecule has 0 amide bonds. The van der Waals surface area contributed by atoms with Crippen LogP contribution in [0.2, 0.25) is 0 Å². The maximum absolute atomic E-state index is 4.55. The molecule has 116 valence electrons. The molecule has 0 aliphatic carbocycles. The van der Waals surface area contributed by atoms with Crippen molar-refractivity contribution in [3.63, 3.8) is 0 Å². The van der Waals surface area contributed by atoms with Crippen molar-refractivity contribution in [3.8, 4) is 22.5 Å². The lowest BCUT2D eigenvalue weighted by Crippen LogP contribution is -1.93. The Labute approximate surface area is 138 Å². The molecule has 0 N–H and O–H groups in total. The van der Waals surface area contributed by atoms with Gasteiger partial charge in [0.25, 0.3) is 0 Å². The molecule has 3 aromatic rings. The van der Waals surface area contributed by atoms with Gasteiger partial charge >= 0.3 is 0 Å². The van der Waals surface area contributed by atoms with Crippen LogP contribution in [0.15, 0.2) is 67.0 Å². The molecule has 0 aliphatic rings. The minimum Gasteiger partial charge on any atom is -0.236 e. The highest BCUT2D eigenvalue weighted by Gasteiger charge is 2.04. The van der Waals surface area contributed by atoms with Crippen molar-refractivity contribution < 1.29 is 0 Å². The quantitative estimate of drug-likeness (QED) is 0.558. The number of rotatable bonds is 6. The molecule has 23 heavy (non-hydrogen) atoms. The maximum atomic E-state index is 4.55. The van der Waals surface area contributed by atoms with Gasteiger partial charge < -0.3 is 0 Å². The minimum atomic E-state index is 0.794. The third kappa shape index (κ3) is 4.04. The molecular formula is C21H22N2. The van der Waals surface area contributed by atoms with Gasteiger partial charge in [-0.15, -0.1) is 0 Å². The van der Waals surface area contributed by atoms with Crippen molar-refractivity contribution >= 4 is 0 Å². The fraction of sp³-hybridized carbons (Fsp3) is 0.238. The number of unbranched alkanes of at least 4 members (excludes halogenated alkanes) is 2. The predicted octanol–water partition coefficient (Wildman–Crippen LogP) is 5.54. The summed E-state index contributed by atoms with van der Waals surface area (Å²) in [7, 11) is 0. The zero-order valence-corrected chi connectivity index (χ0v) is 13.6. The minimum absolute atomic E-state index is 0.794. The molecule has 0 atom stereocenters. The third-order valence-electron chi connectivity index (χ3n) is 4.00. The molecule has 0 bridgehead atoms. The first-order valence-electron chi connectivity index (χ1n) is 8.33. The molecule has 0 saturated carbocycles. The van der Waals surface area contributed by atoms with Crippen LogP contribution in [-0.2, 0) is 6.42 Å². The van der Waals surface area contributed by atoms with E-state index >= 15 is 0 Å². The zero-order chi connectivity index (χ0) is 15.9. The average molecular weight is 302 g/mol. The number of aromatic nitrogens is 2. The van der Waals surface area contributed by atoms with Gasteiger partial charge in [-0.05, 0) is 35.6 Å². The first kappa shape index (κ1) is 15.4. The van der Waals surface area contributed by atoms with E-state index in [2.05, 4.69) is 65.4 Å². The largest absolute Gasteiger partial charge is 0.236 e. The van der Waals surface area contributed by atoms with Crippen LogP contribution >= 0.6 is 0 Å². The van der Waals surface area contributed by atoms with Crippen molar-refractivity contribution in [3.05, 3.63) is 72.6 Å². The molecule has 3 rings (SSSR count). The Morgan fingerprint density at radius 2 is 1.43 bits per heavy atom. The molecule has 2 nitrogen and oxygen atoms in total. The summed E-state index contributed by atoms with van der Waals surface area (Å²) in [6.45, 7) is 2.22. The molecule has 1 aromatic heterocycles. The van der Waals surface area contributed by atoms with Gasteiger partial charge in [0, 0.05) is 18.0 Å². The smallest absolute Gasteiger partial charge is 0.159 e. The Balaban J connectivity index is 1.79. The van der Waals surface area contributed by atoms with E-state index in [0.717, 1.165) is 17.8 Å². The second kappa shape index (κ2) is 7.68. The van der Waals surface area contributed by atoms with E-state index in [1.165, 1.54) is 36.0 Å². The summed E-state index contributed by atoms with van der Waals surface area (Å²) >= 11 is 0. The average Bonchev–Trinajstić information content (AvgIpc) is 2.63. The van der Waals surface area contributed by atoms with Crippen LogP contribution in [0.1, 0.15) is 31.7 Å². The summed E-state index contributed by atoms with van der Waals surface area (Å²) < 4.78 is 0. The van der Waals surface area contributed by atoms with Crippen molar-refractivity contribution in [2.45, 2.75) is 32.6 Å². The summed E-state index contributed by atoms with van der Waals surface area (Å²) in [6.07, 6.45) is 8.72. The van der Waals surface area contributed by atoms with E-state index < -0.39 is 0 Å². The number of nitrogens with zero attached hydrogens (tertiary/aromatic N) is 2. The SMILES string of the molecule is CCCCCc1cnc(-c2cccc(-c3ccccc3)c2)nc1. The summed E-state index contributed by atoms with van der Waals surface area (Å²) in [5.41, 5.74) is 4.69. The molecule has 1 heterocycles. The fourth-order valence-electron chi connectivity index (χ4n) is 2.68. The van der Waals surface area contributed by atoms with E-state index in [0.29, 0.717) is 0 Å². The first-order chi connectivity index (χ1) is 11.4. The van der Waals surface area contributed by atoms with Crippen LogP contribution in [0, 0.1) is 0 Å². The fourth-order valence-corrected chi connectivity index (χ4v) is 2.68. The highest BCUT2D eigenvalue weighted by molar-refractivity contribution is 5.70. The van der Waals surface area contributed by atoms with Crippen LogP contribution in [0.3, 0.4) is 0 Å². The summed E-state index contributed by atoms with van der Waals surface area (Å²) in [5, 5.41) is 0. The van der Waals surface area contributed by atoms with E-state index in [9.17, 15) is 0 Å². The molecule has 0 unspecified atom stereocenters. The standard InChI is InChI=1S/C21H22N2/c1-2-3-5-9-17-15-22-21(23-16-17)20-13-8-12-19(14-20)18-10-6-4-7-11-18/h4,6-8,10-16H,2-3,5,9H2,1H3. The normalized spacial score (nSPS) is 10.7. The molecule has 2 heteroatoms. The van der Waals surface area contributed by atoms with E-state index in [1.54, 1.807) is 0 Å². The molecule has 0 aliphatic heterocycles. The molecule has 0 fully saturated rings. The highest BCUT2D eigenvalue weighted by Crippen LogP contribution is 2.24. The van der Waals surface area contributed by atoms with Crippen LogP contribution in [-0.4, -0.2) is 9.97 Å². The molecule has 0 saturated heterocycles.